The maximum atomic E-state index is 12.2. The van der Waals surface area contributed by atoms with Crippen molar-refractivity contribution in [2.45, 2.75) is 53.4 Å². The lowest BCUT2D eigenvalue weighted by Gasteiger charge is -2.28. The molecule has 3 nitrogen and oxygen atoms in total. The van der Waals surface area contributed by atoms with Gasteiger partial charge in [0.15, 0.2) is 5.78 Å². The number of hydrogen-bond acceptors (Lipinski definition) is 2. The molecule has 0 fully saturated rings. The summed E-state index contributed by atoms with van der Waals surface area (Å²) >= 11 is 0. The van der Waals surface area contributed by atoms with Crippen LogP contribution < -0.4 is 0 Å². The molecule has 0 aliphatic rings. The zero-order valence-electron chi connectivity index (χ0n) is 10.2. The Labute approximate surface area is 91.9 Å². The minimum Gasteiger partial charge on any atom is -0.480 e. The van der Waals surface area contributed by atoms with Crippen molar-refractivity contribution in [2.24, 2.45) is 11.3 Å². The topological polar surface area (TPSA) is 54.4 Å². The second-order valence-electron chi connectivity index (χ2n) is 3.97. The molecule has 88 valence electrons. The number of carboxylic acid groups (broad SMARTS) is 1. The molecule has 0 unspecified atom stereocenters. The molecule has 15 heavy (non-hydrogen) atoms. The van der Waals surface area contributed by atoms with Gasteiger partial charge in [0.25, 0.3) is 0 Å². The summed E-state index contributed by atoms with van der Waals surface area (Å²) in [5.74, 6) is -1.17. The summed E-state index contributed by atoms with van der Waals surface area (Å²) in [6, 6.07) is 0. The lowest BCUT2D eigenvalue weighted by molar-refractivity contribution is -0.157. The van der Waals surface area contributed by atoms with E-state index in [0.29, 0.717) is 12.8 Å². The third kappa shape index (κ3) is 2.58. The van der Waals surface area contributed by atoms with Crippen LogP contribution in [-0.2, 0) is 9.59 Å². The molecule has 0 aromatic carbocycles. The monoisotopic (exact) mass is 214 g/mol. The van der Waals surface area contributed by atoms with E-state index in [-0.39, 0.29) is 11.7 Å². The molecule has 0 radical (unpaired) electrons. The molecule has 0 saturated carbocycles. The predicted octanol–water partition coefficient (Wildman–Crippen LogP) is 2.88. The number of ketones is 1. The summed E-state index contributed by atoms with van der Waals surface area (Å²) < 4.78 is 0. The number of aliphatic carboxylic acids is 1. The highest BCUT2D eigenvalue weighted by atomic mass is 16.4. The molecule has 0 amide bonds. The Kier molecular flexibility index (Phi) is 5.55. The van der Waals surface area contributed by atoms with E-state index in [1.165, 1.54) is 0 Å². The molecule has 0 saturated heterocycles. The van der Waals surface area contributed by atoms with Gasteiger partial charge in [-0.2, -0.15) is 0 Å². The first-order valence-corrected chi connectivity index (χ1v) is 5.77. The third-order valence-electron chi connectivity index (χ3n) is 3.44. The second-order valence-corrected chi connectivity index (χ2v) is 3.97. The summed E-state index contributed by atoms with van der Waals surface area (Å²) in [5, 5.41) is 9.21. The van der Waals surface area contributed by atoms with Crippen LogP contribution in [-0.4, -0.2) is 16.9 Å². The van der Waals surface area contributed by atoms with Gasteiger partial charge in [-0.3, -0.25) is 9.59 Å². The standard InChI is InChI=1S/C12H22O3/c1-5-9(6-2)10(13)12(7-3,8-4)11(14)15/h9H,5-8H2,1-4H3,(H,14,15). The molecule has 0 aliphatic heterocycles. The van der Waals surface area contributed by atoms with E-state index in [0.717, 1.165) is 12.8 Å². The van der Waals surface area contributed by atoms with E-state index >= 15 is 0 Å². The zero-order chi connectivity index (χ0) is 12.1. The van der Waals surface area contributed by atoms with E-state index in [1.807, 2.05) is 13.8 Å². The molecule has 0 aliphatic carbocycles. The summed E-state index contributed by atoms with van der Waals surface area (Å²) in [6.07, 6.45) is 2.22. The highest BCUT2D eigenvalue weighted by molar-refractivity contribution is 6.04. The smallest absolute Gasteiger partial charge is 0.317 e. The number of rotatable bonds is 7. The van der Waals surface area contributed by atoms with Crippen molar-refractivity contribution in [3.63, 3.8) is 0 Å². The van der Waals surface area contributed by atoms with Crippen LogP contribution in [0.2, 0.25) is 0 Å². The van der Waals surface area contributed by atoms with Gasteiger partial charge in [-0.25, -0.2) is 0 Å². The minimum absolute atomic E-state index is 0.0926. The SMILES string of the molecule is CCC(CC)C(=O)C(CC)(CC)C(=O)O. The number of carboxylic acids is 1. The van der Waals surface area contributed by atoms with Crippen LogP contribution in [0.5, 0.6) is 0 Å². The maximum absolute atomic E-state index is 12.2. The normalized spacial score (nSPS) is 11.8. The molecule has 0 aromatic heterocycles. The van der Waals surface area contributed by atoms with E-state index in [4.69, 9.17) is 0 Å². The highest BCUT2D eigenvalue weighted by Gasteiger charge is 2.44. The van der Waals surface area contributed by atoms with E-state index in [1.54, 1.807) is 13.8 Å². The van der Waals surface area contributed by atoms with Gasteiger partial charge >= 0.3 is 5.97 Å². The molecule has 0 rings (SSSR count). The number of carbonyl (C=O) groups is 2. The highest BCUT2D eigenvalue weighted by Crippen LogP contribution is 2.33. The first-order valence-electron chi connectivity index (χ1n) is 5.77. The van der Waals surface area contributed by atoms with Gasteiger partial charge in [-0.1, -0.05) is 27.7 Å². The van der Waals surface area contributed by atoms with Crippen molar-refractivity contribution in [2.75, 3.05) is 0 Å². The lowest BCUT2D eigenvalue weighted by atomic mass is 9.72. The zero-order valence-corrected chi connectivity index (χ0v) is 10.2. The van der Waals surface area contributed by atoms with Gasteiger partial charge in [-0.15, -0.1) is 0 Å². The maximum Gasteiger partial charge on any atom is 0.317 e. The van der Waals surface area contributed by atoms with E-state index in [9.17, 15) is 14.7 Å². The number of hydrogen-bond donors (Lipinski definition) is 1. The van der Waals surface area contributed by atoms with Crippen LogP contribution in [0, 0.1) is 11.3 Å². The Bertz CT molecular complexity index is 225. The van der Waals surface area contributed by atoms with Crippen LogP contribution in [0.1, 0.15) is 53.4 Å². The predicted molar refractivity (Wildman–Crippen MR) is 59.7 cm³/mol. The summed E-state index contributed by atoms with van der Waals surface area (Å²) in [4.78, 5) is 23.4. The molecule has 0 spiro atoms. The third-order valence-corrected chi connectivity index (χ3v) is 3.44. The fourth-order valence-electron chi connectivity index (χ4n) is 2.06. The van der Waals surface area contributed by atoms with Gasteiger partial charge in [0.05, 0.1) is 0 Å². The first-order chi connectivity index (χ1) is 6.99. The van der Waals surface area contributed by atoms with Gasteiger partial charge in [0.2, 0.25) is 0 Å². The number of Topliss-reactive ketones (excluding diaryl/α,β-unsaturated/α-hetero) is 1. The lowest BCUT2D eigenvalue weighted by Crippen LogP contribution is -2.41. The van der Waals surface area contributed by atoms with E-state index in [2.05, 4.69) is 0 Å². The number of carbonyl (C=O) groups excluding carboxylic acids is 1. The van der Waals surface area contributed by atoms with Crippen LogP contribution in [0.4, 0.5) is 0 Å². The van der Waals surface area contributed by atoms with Gasteiger partial charge in [0.1, 0.15) is 5.41 Å². The van der Waals surface area contributed by atoms with Crippen molar-refractivity contribution >= 4 is 11.8 Å². The first kappa shape index (κ1) is 14.1. The molecule has 0 atom stereocenters. The van der Waals surface area contributed by atoms with Gasteiger partial charge in [-0.05, 0) is 25.7 Å². The fraction of sp³-hybridized carbons (Fsp3) is 0.833. The van der Waals surface area contributed by atoms with Crippen molar-refractivity contribution < 1.29 is 14.7 Å². The molecule has 3 heteroatoms. The Hall–Kier alpha value is -0.860. The fourth-order valence-corrected chi connectivity index (χ4v) is 2.06. The minimum atomic E-state index is -1.16. The molecular weight excluding hydrogens is 192 g/mol. The second kappa shape index (κ2) is 5.89. The summed E-state index contributed by atoms with van der Waals surface area (Å²) in [6.45, 7) is 7.42. The average Bonchev–Trinajstić information content (AvgIpc) is 2.22. The Morgan fingerprint density at radius 1 is 1.07 bits per heavy atom. The molecule has 1 N–H and O–H groups in total. The van der Waals surface area contributed by atoms with Crippen molar-refractivity contribution in [3.8, 4) is 0 Å². The van der Waals surface area contributed by atoms with Crippen molar-refractivity contribution in [3.05, 3.63) is 0 Å². The molecule has 0 bridgehead atoms. The Balaban J connectivity index is 5.08. The molecule has 0 aromatic rings. The Morgan fingerprint density at radius 3 is 1.67 bits per heavy atom. The summed E-state index contributed by atoms with van der Waals surface area (Å²) in [7, 11) is 0. The van der Waals surface area contributed by atoms with Gasteiger partial charge < -0.3 is 5.11 Å². The average molecular weight is 214 g/mol. The largest absolute Gasteiger partial charge is 0.480 e. The molecule has 0 heterocycles. The van der Waals surface area contributed by atoms with E-state index < -0.39 is 11.4 Å². The van der Waals surface area contributed by atoms with Crippen LogP contribution in [0.3, 0.4) is 0 Å². The molecular formula is C12H22O3. The summed E-state index contributed by atoms with van der Waals surface area (Å²) in [5.41, 5.74) is -1.16. The quantitative estimate of drug-likeness (QED) is 0.663. The van der Waals surface area contributed by atoms with Crippen molar-refractivity contribution in [1.29, 1.82) is 0 Å². The van der Waals surface area contributed by atoms with Crippen LogP contribution in [0.15, 0.2) is 0 Å². The van der Waals surface area contributed by atoms with Crippen LogP contribution >= 0.6 is 0 Å². The Morgan fingerprint density at radius 2 is 1.47 bits per heavy atom. The van der Waals surface area contributed by atoms with Gasteiger partial charge in [0, 0.05) is 5.92 Å². The van der Waals surface area contributed by atoms with Crippen molar-refractivity contribution in [1.82, 2.24) is 0 Å². The van der Waals surface area contributed by atoms with Crippen LogP contribution in [0.25, 0.3) is 0 Å².